The summed E-state index contributed by atoms with van der Waals surface area (Å²) in [6.07, 6.45) is 4.06. The molecule has 0 aliphatic heterocycles. The Kier molecular flexibility index (Phi) is 9.01. The number of phosphoric acid groups is 1. The van der Waals surface area contributed by atoms with Gasteiger partial charge in [-0.3, -0.25) is 4.57 Å². The summed E-state index contributed by atoms with van der Waals surface area (Å²) < 4.78 is 20.5. The van der Waals surface area contributed by atoms with Crippen molar-refractivity contribution in [3.05, 3.63) is 12.7 Å². The number of esters is 1. The molecule has 0 saturated carbocycles. The number of carbonyl (C=O) groups excluding carboxylic acids is 1. The topological polar surface area (TPSA) is 95.9 Å². The maximum Gasteiger partial charge on any atom is 0.330 e. The number of quaternary nitrogens is 1. The van der Waals surface area contributed by atoms with Crippen LogP contribution < -0.4 is 4.89 Å². The van der Waals surface area contributed by atoms with Gasteiger partial charge in [-0.1, -0.05) is 6.58 Å². The summed E-state index contributed by atoms with van der Waals surface area (Å²) in [5, 5.41) is 0. The van der Waals surface area contributed by atoms with Crippen LogP contribution >= 0.6 is 7.82 Å². The average Bonchev–Trinajstić information content (AvgIpc) is 2.33. The van der Waals surface area contributed by atoms with Crippen molar-refractivity contribution in [1.29, 1.82) is 0 Å². The zero-order chi connectivity index (χ0) is 16.5. The van der Waals surface area contributed by atoms with Gasteiger partial charge in [0.05, 0.1) is 40.4 Å². The van der Waals surface area contributed by atoms with Crippen molar-refractivity contribution in [3.8, 4) is 0 Å². The molecule has 0 fully saturated rings. The Morgan fingerprint density at radius 1 is 1.33 bits per heavy atom. The monoisotopic (exact) mass is 323 g/mol. The van der Waals surface area contributed by atoms with Gasteiger partial charge in [0.25, 0.3) is 7.82 Å². The number of phosphoric ester groups is 1. The molecule has 0 heterocycles. The zero-order valence-corrected chi connectivity index (χ0v) is 13.9. The Labute approximate surface area is 126 Å². The van der Waals surface area contributed by atoms with Crippen LogP contribution in [0.25, 0.3) is 0 Å². The van der Waals surface area contributed by atoms with Gasteiger partial charge in [0, 0.05) is 12.5 Å². The summed E-state index contributed by atoms with van der Waals surface area (Å²) >= 11 is 0. The molecule has 0 aromatic rings. The van der Waals surface area contributed by atoms with Crippen LogP contribution in [0.15, 0.2) is 12.7 Å². The van der Waals surface area contributed by atoms with Crippen LogP contribution in [0.2, 0.25) is 0 Å². The quantitative estimate of drug-likeness (QED) is 0.199. The predicted octanol–water partition coefficient (Wildman–Crippen LogP) is 0.828. The van der Waals surface area contributed by atoms with Crippen molar-refractivity contribution in [2.24, 2.45) is 0 Å². The summed E-state index contributed by atoms with van der Waals surface area (Å²) in [6, 6.07) is 0.187. The molecule has 0 bridgehead atoms. The lowest BCUT2D eigenvalue weighted by molar-refractivity contribution is -0.896. The van der Waals surface area contributed by atoms with Gasteiger partial charge >= 0.3 is 5.97 Å². The van der Waals surface area contributed by atoms with Gasteiger partial charge < -0.3 is 23.5 Å². The number of hydrogen-bond donors (Lipinski definition) is 1. The van der Waals surface area contributed by atoms with Crippen molar-refractivity contribution in [1.82, 2.24) is 0 Å². The Hall–Kier alpha value is -0.720. The van der Waals surface area contributed by atoms with E-state index in [-0.39, 0.29) is 12.6 Å². The van der Waals surface area contributed by atoms with E-state index in [4.69, 9.17) is 9.63 Å². The van der Waals surface area contributed by atoms with E-state index in [0.717, 1.165) is 25.3 Å². The highest BCUT2D eigenvalue weighted by atomic mass is 31.2. The lowest BCUT2D eigenvalue weighted by atomic mass is 10.0. The zero-order valence-electron chi connectivity index (χ0n) is 13.0. The third-order valence-electron chi connectivity index (χ3n) is 3.14. The molecule has 0 aliphatic carbocycles. The molecule has 7 nitrogen and oxygen atoms in total. The van der Waals surface area contributed by atoms with Crippen molar-refractivity contribution in [3.63, 3.8) is 0 Å². The molecular weight excluding hydrogens is 297 g/mol. The minimum Gasteiger partial charge on any atom is -0.756 e. The highest BCUT2D eigenvalue weighted by molar-refractivity contribution is 7.44. The van der Waals surface area contributed by atoms with E-state index in [1.165, 1.54) is 0 Å². The van der Waals surface area contributed by atoms with Crippen LogP contribution in [0.3, 0.4) is 0 Å². The van der Waals surface area contributed by atoms with E-state index in [1.54, 1.807) is 0 Å². The fourth-order valence-electron chi connectivity index (χ4n) is 1.94. The SMILES string of the molecule is C=CC(=O)OCCCCC(CCOP(=O)([O-])O)[N+](C)(C)C. The third kappa shape index (κ3) is 11.6. The Balaban J connectivity index is 4.06. The predicted molar refractivity (Wildman–Crippen MR) is 77.2 cm³/mol. The summed E-state index contributed by atoms with van der Waals surface area (Å²) in [5.41, 5.74) is 0. The highest BCUT2D eigenvalue weighted by Crippen LogP contribution is 2.31. The largest absolute Gasteiger partial charge is 0.756 e. The molecule has 124 valence electrons. The molecule has 0 radical (unpaired) electrons. The average molecular weight is 323 g/mol. The molecule has 21 heavy (non-hydrogen) atoms. The van der Waals surface area contributed by atoms with E-state index in [1.807, 2.05) is 21.1 Å². The summed E-state index contributed by atoms with van der Waals surface area (Å²) in [4.78, 5) is 30.0. The number of hydrogen-bond acceptors (Lipinski definition) is 5. The number of unbranched alkanes of at least 4 members (excludes halogenated alkanes) is 1. The van der Waals surface area contributed by atoms with E-state index in [2.05, 4.69) is 11.1 Å². The minimum absolute atomic E-state index is 0.0388. The number of carbonyl (C=O) groups is 1. The number of ether oxygens (including phenoxy) is 1. The number of nitrogens with zero attached hydrogens (tertiary/aromatic N) is 1. The standard InChI is InChI=1S/C13H26NO6P/c1-5-13(15)19-10-7-6-8-12(14(2,3)4)9-11-20-21(16,17)18/h5,12H,1,6-11H2,2-4H3,(H-,16,17,18). The molecule has 0 aromatic carbocycles. The molecular formula is C13H26NO6P. The molecule has 2 atom stereocenters. The maximum absolute atomic E-state index is 10.9. The van der Waals surface area contributed by atoms with E-state index >= 15 is 0 Å². The smallest absolute Gasteiger partial charge is 0.330 e. The van der Waals surface area contributed by atoms with Crippen molar-refractivity contribution in [2.45, 2.75) is 31.7 Å². The molecule has 1 N–H and O–H groups in total. The summed E-state index contributed by atoms with van der Waals surface area (Å²) in [5.74, 6) is -0.430. The minimum atomic E-state index is -4.65. The van der Waals surface area contributed by atoms with Crippen LogP contribution in [0.1, 0.15) is 25.7 Å². The lowest BCUT2D eigenvalue weighted by Crippen LogP contribution is -2.45. The molecule has 8 heteroatoms. The van der Waals surface area contributed by atoms with Crippen LogP contribution in [-0.2, 0) is 18.6 Å². The molecule has 0 spiro atoms. The summed E-state index contributed by atoms with van der Waals surface area (Å²) in [7, 11) is 1.39. The molecule has 0 aliphatic rings. The van der Waals surface area contributed by atoms with Gasteiger partial charge in [-0.05, 0) is 19.3 Å². The molecule has 2 unspecified atom stereocenters. The second kappa shape index (κ2) is 9.33. The van der Waals surface area contributed by atoms with Gasteiger partial charge in [-0.2, -0.15) is 0 Å². The van der Waals surface area contributed by atoms with Crippen LogP contribution in [-0.4, -0.2) is 55.7 Å². The van der Waals surface area contributed by atoms with Crippen molar-refractivity contribution >= 4 is 13.8 Å². The van der Waals surface area contributed by atoms with Crippen LogP contribution in [0.5, 0.6) is 0 Å². The first-order valence-corrected chi connectivity index (χ1v) is 8.34. The molecule has 0 rings (SSSR count). The van der Waals surface area contributed by atoms with Gasteiger partial charge in [-0.15, -0.1) is 0 Å². The maximum atomic E-state index is 10.9. The third-order valence-corrected chi connectivity index (χ3v) is 3.65. The van der Waals surface area contributed by atoms with Gasteiger partial charge in [0.2, 0.25) is 0 Å². The van der Waals surface area contributed by atoms with Crippen LogP contribution in [0.4, 0.5) is 0 Å². The molecule has 0 amide bonds. The second-order valence-corrected chi connectivity index (χ2v) is 6.92. The highest BCUT2D eigenvalue weighted by Gasteiger charge is 2.23. The fourth-order valence-corrected chi connectivity index (χ4v) is 2.27. The van der Waals surface area contributed by atoms with Gasteiger partial charge in [-0.25, -0.2) is 4.79 Å². The van der Waals surface area contributed by atoms with Crippen molar-refractivity contribution in [2.75, 3.05) is 34.4 Å². The summed E-state index contributed by atoms with van der Waals surface area (Å²) in [6.45, 7) is 3.62. The first-order chi connectivity index (χ1) is 9.56. The van der Waals surface area contributed by atoms with Crippen LogP contribution in [0, 0.1) is 0 Å². The van der Waals surface area contributed by atoms with Gasteiger partial charge in [0.1, 0.15) is 0 Å². The van der Waals surface area contributed by atoms with E-state index < -0.39 is 13.8 Å². The number of rotatable bonds is 11. The normalized spacial score (nSPS) is 16.0. The first kappa shape index (κ1) is 20.3. The molecule has 0 aromatic heterocycles. The Morgan fingerprint density at radius 3 is 2.43 bits per heavy atom. The Morgan fingerprint density at radius 2 is 1.95 bits per heavy atom. The van der Waals surface area contributed by atoms with Gasteiger partial charge in [0.15, 0.2) is 0 Å². The van der Waals surface area contributed by atoms with Crippen molar-refractivity contribution < 1.29 is 32.9 Å². The first-order valence-electron chi connectivity index (χ1n) is 6.85. The fraction of sp³-hybridized carbons (Fsp3) is 0.769. The van der Waals surface area contributed by atoms with E-state index in [0.29, 0.717) is 17.5 Å². The second-order valence-electron chi connectivity index (χ2n) is 5.73. The Bertz CT molecular complexity index is 373. The lowest BCUT2D eigenvalue weighted by Gasteiger charge is -2.34. The van der Waals surface area contributed by atoms with E-state index in [9.17, 15) is 14.3 Å². The molecule has 0 saturated heterocycles.